The van der Waals surface area contributed by atoms with Crippen LogP contribution in [0.25, 0.3) is 0 Å². The first-order chi connectivity index (χ1) is 11.3. The van der Waals surface area contributed by atoms with Crippen LogP contribution in [0.1, 0.15) is 31.4 Å². The van der Waals surface area contributed by atoms with Crippen LogP contribution in [0.5, 0.6) is 0 Å². The SMILES string of the molecule is Cc1cccc(C)c1NC(=O)CNC(=O)C[NH+]1C[C@H](C)C[C@H](C)C1. The van der Waals surface area contributed by atoms with Crippen molar-refractivity contribution in [3.8, 4) is 0 Å². The zero-order chi connectivity index (χ0) is 17.7. The molecule has 1 fully saturated rings. The Morgan fingerprint density at radius 2 is 1.67 bits per heavy atom. The Morgan fingerprint density at radius 1 is 1.08 bits per heavy atom. The van der Waals surface area contributed by atoms with Gasteiger partial charge in [0.05, 0.1) is 19.6 Å². The molecule has 0 aromatic heterocycles. The lowest BCUT2D eigenvalue weighted by molar-refractivity contribution is -0.904. The highest BCUT2D eigenvalue weighted by Crippen LogP contribution is 2.18. The van der Waals surface area contributed by atoms with E-state index in [9.17, 15) is 9.59 Å². The first-order valence-electron chi connectivity index (χ1n) is 8.81. The van der Waals surface area contributed by atoms with Crippen molar-refractivity contribution in [2.75, 3.05) is 31.5 Å². The molecule has 1 aliphatic heterocycles. The van der Waals surface area contributed by atoms with Crippen molar-refractivity contribution in [2.24, 2.45) is 11.8 Å². The molecule has 0 bridgehead atoms. The van der Waals surface area contributed by atoms with E-state index in [0.29, 0.717) is 18.4 Å². The molecule has 0 aliphatic carbocycles. The van der Waals surface area contributed by atoms with E-state index < -0.39 is 0 Å². The van der Waals surface area contributed by atoms with Crippen LogP contribution < -0.4 is 15.5 Å². The van der Waals surface area contributed by atoms with Crippen LogP contribution in [0.15, 0.2) is 18.2 Å². The molecule has 1 heterocycles. The molecule has 5 nitrogen and oxygen atoms in total. The molecule has 1 aliphatic rings. The van der Waals surface area contributed by atoms with Crippen LogP contribution in [0.2, 0.25) is 0 Å². The van der Waals surface area contributed by atoms with E-state index in [1.54, 1.807) is 0 Å². The van der Waals surface area contributed by atoms with Gasteiger partial charge >= 0.3 is 0 Å². The molecule has 1 aromatic rings. The van der Waals surface area contributed by atoms with Gasteiger partial charge in [-0.05, 0) is 31.4 Å². The molecular weight excluding hydrogens is 302 g/mol. The summed E-state index contributed by atoms with van der Waals surface area (Å²) in [5.74, 6) is 1.08. The highest BCUT2D eigenvalue weighted by Gasteiger charge is 2.26. The minimum absolute atomic E-state index is 0.0188. The zero-order valence-corrected chi connectivity index (χ0v) is 15.2. The van der Waals surface area contributed by atoms with E-state index in [2.05, 4.69) is 24.5 Å². The number of piperidine rings is 1. The van der Waals surface area contributed by atoms with Gasteiger partial charge in [0.25, 0.3) is 5.91 Å². The molecule has 2 amide bonds. The number of aryl methyl sites for hydroxylation is 2. The highest BCUT2D eigenvalue weighted by atomic mass is 16.2. The summed E-state index contributed by atoms with van der Waals surface area (Å²) in [5.41, 5.74) is 2.88. The summed E-state index contributed by atoms with van der Waals surface area (Å²) in [4.78, 5) is 25.5. The fraction of sp³-hybridized carbons (Fsp3) is 0.579. The average Bonchev–Trinajstić information content (AvgIpc) is 2.48. The standard InChI is InChI=1S/C19H29N3O2/c1-13-8-14(2)11-22(10-13)12-18(24)20-9-17(23)21-19-15(3)6-5-7-16(19)4/h5-7,13-14H,8-12H2,1-4H3,(H,20,24)(H,21,23)/p+1/t13-,14+. The first kappa shape index (κ1) is 18.5. The van der Waals surface area contributed by atoms with E-state index in [-0.39, 0.29) is 18.4 Å². The number of likely N-dealkylation sites (tertiary alicyclic amines) is 1. The van der Waals surface area contributed by atoms with Crippen LogP contribution in [-0.4, -0.2) is 38.0 Å². The predicted octanol–water partition coefficient (Wildman–Crippen LogP) is 0.919. The Balaban J connectivity index is 1.78. The summed E-state index contributed by atoms with van der Waals surface area (Å²) in [6.07, 6.45) is 1.24. The van der Waals surface area contributed by atoms with Crippen LogP contribution in [0.3, 0.4) is 0 Å². The molecule has 0 radical (unpaired) electrons. The maximum Gasteiger partial charge on any atom is 0.275 e. The third kappa shape index (κ3) is 5.34. The second-order valence-electron chi connectivity index (χ2n) is 7.37. The van der Waals surface area contributed by atoms with Crippen LogP contribution in [-0.2, 0) is 9.59 Å². The van der Waals surface area contributed by atoms with Crippen molar-refractivity contribution in [3.05, 3.63) is 29.3 Å². The predicted molar refractivity (Wildman–Crippen MR) is 96.1 cm³/mol. The zero-order valence-electron chi connectivity index (χ0n) is 15.2. The number of benzene rings is 1. The number of carbonyl (C=O) groups is 2. The second-order valence-corrected chi connectivity index (χ2v) is 7.37. The summed E-state index contributed by atoms with van der Waals surface area (Å²) >= 11 is 0. The summed E-state index contributed by atoms with van der Waals surface area (Å²) < 4.78 is 0. The molecule has 1 aromatic carbocycles. The summed E-state index contributed by atoms with van der Waals surface area (Å²) in [5, 5.41) is 5.64. The van der Waals surface area contributed by atoms with Gasteiger partial charge < -0.3 is 15.5 Å². The van der Waals surface area contributed by atoms with E-state index in [1.807, 2.05) is 32.0 Å². The van der Waals surface area contributed by atoms with Crippen molar-refractivity contribution in [1.82, 2.24) is 5.32 Å². The van der Waals surface area contributed by atoms with Crippen molar-refractivity contribution < 1.29 is 14.5 Å². The Morgan fingerprint density at radius 3 is 2.25 bits per heavy atom. The molecule has 24 heavy (non-hydrogen) atoms. The molecule has 3 N–H and O–H groups in total. The minimum atomic E-state index is -0.184. The Kier molecular flexibility index (Phi) is 6.37. The molecule has 2 rings (SSSR count). The van der Waals surface area contributed by atoms with Gasteiger partial charge in [0, 0.05) is 17.5 Å². The van der Waals surface area contributed by atoms with Crippen molar-refractivity contribution in [2.45, 2.75) is 34.1 Å². The van der Waals surface area contributed by atoms with E-state index in [4.69, 9.17) is 0 Å². The van der Waals surface area contributed by atoms with Gasteiger partial charge in [-0.25, -0.2) is 0 Å². The fourth-order valence-electron chi connectivity index (χ4n) is 3.73. The van der Waals surface area contributed by atoms with Gasteiger partial charge in [0.2, 0.25) is 5.91 Å². The highest BCUT2D eigenvalue weighted by molar-refractivity contribution is 5.95. The number of rotatable bonds is 5. The normalized spacial score (nSPS) is 23.6. The topological polar surface area (TPSA) is 62.6 Å². The molecule has 1 saturated heterocycles. The molecule has 0 saturated carbocycles. The maximum absolute atomic E-state index is 12.1. The fourth-order valence-corrected chi connectivity index (χ4v) is 3.73. The third-order valence-corrected chi connectivity index (χ3v) is 4.68. The van der Waals surface area contributed by atoms with Gasteiger partial charge in [-0.15, -0.1) is 0 Å². The van der Waals surface area contributed by atoms with Gasteiger partial charge in [0.15, 0.2) is 6.54 Å². The lowest BCUT2D eigenvalue weighted by atomic mass is 9.92. The van der Waals surface area contributed by atoms with E-state index in [0.717, 1.165) is 29.9 Å². The monoisotopic (exact) mass is 332 g/mol. The number of para-hydroxylation sites is 1. The molecular formula is C19H30N3O2+. The van der Waals surface area contributed by atoms with Crippen LogP contribution in [0, 0.1) is 25.7 Å². The van der Waals surface area contributed by atoms with Crippen molar-refractivity contribution in [3.63, 3.8) is 0 Å². The van der Waals surface area contributed by atoms with Crippen LogP contribution >= 0.6 is 0 Å². The van der Waals surface area contributed by atoms with Crippen molar-refractivity contribution in [1.29, 1.82) is 0 Å². The molecule has 132 valence electrons. The van der Waals surface area contributed by atoms with Gasteiger partial charge in [-0.2, -0.15) is 0 Å². The Labute approximate surface area is 144 Å². The number of carbonyl (C=O) groups excluding carboxylic acids is 2. The lowest BCUT2D eigenvalue weighted by Gasteiger charge is -2.31. The average molecular weight is 332 g/mol. The summed E-state index contributed by atoms with van der Waals surface area (Å²) in [7, 11) is 0. The first-order valence-corrected chi connectivity index (χ1v) is 8.81. The minimum Gasteiger partial charge on any atom is -0.342 e. The van der Waals surface area contributed by atoms with E-state index in [1.165, 1.54) is 11.3 Å². The number of nitrogens with one attached hydrogen (secondary N) is 3. The number of hydrogen-bond donors (Lipinski definition) is 3. The molecule has 3 atom stereocenters. The number of amides is 2. The smallest absolute Gasteiger partial charge is 0.275 e. The van der Waals surface area contributed by atoms with Crippen molar-refractivity contribution >= 4 is 17.5 Å². The third-order valence-electron chi connectivity index (χ3n) is 4.68. The number of anilines is 1. The lowest BCUT2D eigenvalue weighted by Crippen LogP contribution is -3.15. The van der Waals surface area contributed by atoms with Gasteiger partial charge in [0.1, 0.15) is 0 Å². The number of hydrogen-bond acceptors (Lipinski definition) is 2. The molecule has 5 heteroatoms. The van der Waals surface area contributed by atoms with E-state index >= 15 is 0 Å². The Hall–Kier alpha value is -1.88. The molecule has 0 spiro atoms. The Bertz CT molecular complexity index is 570. The van der Waals surface area contributed by atoms with Gasteiger partial charge in [-0.1, -0.05) is 32.0 Å². The quantitative estimate of drug-likeness (QED) is 0.751. The molecule has 1 unspecified atom stereocenters. The maximum atomic E-state index is 12.1. The summed E-state index contributed by atoms with van der Waals surface area (Å²) in [6, 6.07) is 5.89. The van der Waals surface area contributed by atoms with Crippen LogP contribution in [0.4, 0.5) is 5.69 Å². The van der Waals surface area contributed by atoms with Gasteiger partial charge in [-0.3, -0.25) is 9.59 Å². The number of quaternary nitrogens is 1. The summed E-state index contributed by atoms with van der Waals surface area (Å²) in [6.45, 7) is 10.9. The largest absolute Gasteiger partial charge is 0.342 e. The second kappa shape index (κ2) is 8.29.